The van der Waals surface area contributed by atoms with Crippen molar-refractivity contribution in [3.8, 4) is 0 Å². The Hall–Kier alpha value is -1.25. The molecule has 1 aromatic carbocycles. The molecule has 0 heterocycles. The number of hydrogen-bond acceptors (Lipinski definition) is 2. The smallest absolute Gasteiger partial charge is 0.311 e. The Kier molecular flexibility index (Phi) is 2.96. The minimum atomic E-state index is -0.198. The summed E-state index contributed by atoms with van der Waals surface area (Å²) in [5.41, 5.74) is 2.23. The van der Waals surface area contributed by atoms with Gasteiger partial charge < -0.3 is 4.74 Å². The van der Waals surface area contributed by atoms with Gasteiger partial charge in [0.1, 0.15) is 7.85 Å². The predicted octanol–water partition coefficient (Wildman–Crippen LogP) is 2.25. The molecule has 0 atom stereocenters. The van der Waals surface area contributed by atoms with Crippen LogP contribution in [0.5, 0.6) is 0 Å². The van der Waals surface area contributed by atoms with Crippen LogP contribution in [0, 0.1) is 5.41 Å². The molecule has 3 aliphatic carbocycles. The molecular weight excluding hydrogens is 235 g/mol. The Morgan fingerprint density at radius 1 is 1.16 bits per heavy atom. The molecule has 0 amide bonds. The molecule has 3 aliphatic rings. The summed E-state index contributed by atoms with van der Waals surface area (Å²) in [5, 5.41) is 0. The zero-order chi connectivity index (χ0) is 13.5. The van der Waals surface area contributed by atoms with Crippen molar-refractivity contribution in [3.05, 3.63) is 29.8 Å². The molecule has 98 valence electrons. The molecule has 19 heavy (non-hydrogen) atoms. The molecule has 3 saturated carbocycles. The fourth-order valence-electron chi connectivity index (χ4n) is 4.01. The Morgan fingerprint density at radius 3 is 2.32 bits per heavy atom. The highest BCUT2D eigenvalue weighted by atomic mass is 16.5. The van der Waals surface area contributed by atoms with Gasteiger partial charge in [0.25, 0.3) is 0 Å². The van der Waals surface area contributed by atoms with Crippen molar-refractivity contribution in [3.63, 3.8) is 0 Å². The van der Waals surface area contributed by atoms with Crippen molar-refractivity contribution < 1.29 is 9.53 Å². The van der Waals surface area contributed by atoms with Gasteiger partial charge in [0.05, 0.1) is 12.5 Å². The molecule has 2 bridgehead atoms. The van der Waals surface area contributed by atoms with Crippen molar-refractivity contribution in [2.75, 3.05) is 7.11 Å². The second-order valence-electron chi connectivity index (χ2n) is 6.18. The van der Waals surface area contributed by atoms with Crippen LogP contribution in [0.3, 0.4) is 0 Å². The second kappa shape index (κ2) is 4.40. The van der Waals surface area contributed by atoms with Gasteiger partial charge in [-0.05, 0) is 49.5 Å². The van der Waals surface area contributed by atoms with Gasteiger partial charge in [-0.3, -0.25) is 4.79 Å². The molecule has 4 rings (SSSR count). The third-order valence-electron chi connectivity index (χ3n) is 5.36. The summed E-state index contributed by atoms with van der Waals surface area (Å²) < 4.78 is 5.01. The molecule has 0 unspecified atom stereocenters. The van der Waals surface area contributed by atoms with Crippen molar-refractivity contribution in [1.29, 1.82) is 0 Å². The molecule has 2 nitrogen and oxygen atoms in total. The molecule has 0 aromatic heterocycles. The van der Waals surface area contributed by atoms with Crippen LogP contribution in [0.15, 0.2) is 24.3 Å². The standard InChI is InChI=1S/C16H19BO2/c1-19-14(18)16-8-5-15(6-9-16,7-10-16)12-3-2-4-13(17)11-12/h2-4,11H,5-10H2,1H3. The number of ether oxygens (including phenoxy) is 1. The van der Waals surface area contributed by atoms with Gasteiger partial charge in [-0.1, -0.05) is 29.7 Å². The van der Waals surface area contributed by atoms with Gasteiger partial charge >= 0.3 is 5.97 Å². The van der Waals surface area contributed by atoms with Crippen LogP contribution in [0.1, 0.15) is 44.1 Å². The first kappa shape index (κ1) is 12.8. The number of esters is 1. The molecule has 3 fully saturated rings. The Labute approximate surface area is 115 Å². The van der Waals surface area contributed by atoms with Gasteiger partial charge in [-0.25, -0.2) is 0 Å². The maximum atomic E-state index is 12.0. The molecular formula is C16H19BO2. The number of fused-ring (bicyclic) bond motifs is 3. The lowest BCUT2D eigenvalue weighted by atomic mass is 9.51. The Morgan fingerprint density at radius 2 is 1.79 bits per heavy atom. The summed E-state index contributed by atoms with van der Waals surface area (Å²) in [4.78, 5) is 12.0. The van der Waals surface area contributed by atoms with Crippen LogP contribution >= 0.6 is 0 Å². The van der Waals surface area contributed by atoms with Crippen LogP contribution in [0.25, 0.3) is 0 Å². The minimum absolute atomic E-state index is 0.00613. The lowest BCUT2D eigenvalue weighted by molar-refractivity contribution is -0.160. The zero-order valence-electron chi connectivity index (χ0n) is 11.4. The summed E-state index contributed by atoms with van der Waals surface area (Å²) in [5.74, 6) is -0.00613. The molecule has 2 radical (unpaired) electrons. The van der Waals surface area contributed by atoms with Crippen molar-refractivity contribution in [2.24, 2.45) is 5.41 Å². The van der Waals surface area contributed by atoms with Crippen LogP contribution in [-0.2, 0) is 14.9 Å². The van der Waals surface area contributed by atoms with E-state index in [9.17, 15) is 4.79 Å². The monoisotopic (exact) mass is 254 g/mol. The van der Waals surface area contributed by atoms with Gasteiger partial charge in [0.15, 0.2) is 0 Å². The zero-order valence-corrected chi connectivity index (χ0v) is 11.4. The molecule has 0 aliphatic heterocycles. The quantitative estimate of drug-likeness (QED) is 0.597. The average molecular weight is 254 g/mol. The van der Waals surface area contributed by atoms with Crippen LogP contribution in [-0.4, -0.2) is 20.9 Å². The van der Waals surface area contributed by atoms with E-state index in [0.29, 0.717) is 0 Å². The predicted molar refractivity (Wildman–Crippen MR) is 75.7 cm³/mol. The molecule has 1 aromatic rings. The molecule has 0 spiro atoms. The summed E-state index contributed by atoms with van der Waals surface area (Å²) in [6, 6.07) is 8.27. The third kappa shape index (κ3) is 1.91. The van der Waals surface area contributed by atoms with E-state index in [0.717, 1.165) is 44.0 Å². The van der Waals surface area contributed by atoms with E-state index in [2.05, 4.69) is 12.1 Å². The lowest BCUT2D eigenvalue weighted by Gasteiger charge is -2.52. The van der Waals surface area contributed by atoms with Gasteiger partial charge in [-0.15, -0.1) is 0 Å². The van der Waals surface area contributed by atoms with Gasteiger partial charge in [-0.2, -0.15) is 0 Å². The van der Waals surface area contributed by atoms with E-state index >= 15 is 0 Å². The van der Waals surface area contributed by atoms with E-state index in [4.69, 9.17) is 12.6 Å². The minimum Gasteiger partial charge on any atom is -0.469 e. The maximum Gasteiger partial charge on any atom is 0.311 e. The largest absolute Gasteiger partial charge is 0.469 e. The van der Waals surface area contributed by atoms with E-state index in [1.54, 1.807) is 0 Å². The highest BCUT2D eigenvalue weighted by Gasteiger charge is 2.53. The highest BCUT2D eigenvalue weighted by Crippen LogP contribution is 2.57. The van der Waals surface area contributed by atoms with Crippen LogP contribution in [0.4, 0.5) is 0 Å². The Bertz CT molecular complexity index is 485. The first-order valence-corrected chi connectivity index (χ1v) is 7.05. The SMILES string of the molecule is [B]c1cccc(C23CCC(C(=O)OC)(CC2)CC3)c1. The number of carbonyl (C=O) groups is 1. The van der Waals surface area contributed by atoms with Crippen molar-refractivity contribution in [1.82, 2.24) is 0 Å². The highest BCUT2D eigenvalue weighted by molar-refractivity contribution is 6.32. The van der Waals surface area contributed by atoms with Gasteiger partial charge in [0, 0.05) is 0 Å². The maximum absolute atomic E-state index is 12.0. The van der Waals surface area contributed by atoms with E-state index in [-0.39, 0.29) is 16.8 Å². The summed E-state index contributed by atoms with van der Waals surface area (Å²) in [6.45, 7) is 0. The number of hydrogen-bond donors (Lipinski definition) is 0. The third-order valence-corrected chi connectivity index (χ3v) is 5.36. The Balaban J connectivity index is 1.87. The van der Waals surface area contributed by atoms with Crippen molar-refractivity contribution in [2.45, 2.75) is 43.9 Å². The lowest BCUT2D eigenvalue weighted by Crippen LogP contribution is -2.48. The number of carbonyl (C=O) groups excluding carboxylic acids is 1. The van der Waals surface area contributed by atoms with Crippen LogP contribution in [0.2, 0.25) is 0 Å². The normalized spacial score (nSPS) is 33.1. The second-order valence-corrected chi connectivity index (χ2v) is 6.18. The van der Waals surface area contributed by atoms with Gasteiger partial charge in [0.2, 0.25) is 0 Å². The molecule has 0 saturated heterocycles. The average Bonchev–Trinajstić information content (AvgIpc) is 2.48. The summed E-state index contributed by atoms with van der Waals surface area (Å²) >= 11 is 0. The molecule has 3 heteroatoms. The van der Waals surface area contributed by atoms with E-state index in [1.807, 2.05) is 12.1 Å². The first-order chi connectivity index (χ1) is 9.10. The van der Waals surface area contributed by atoms with Crippen molar-refractivity contribution >= 4 is 19.3 Å². The number of benzene rings is 1. The van der Waals surface area contributed by atoms with E-state index < -0.39 is 0 Å². The van der Waals surface area contributed by atoms with Crippen LogP contribution < -0.4 is 5.46 Å². The fourth-order valence-corrected chi connectivity index (χ4v) is 4.01. The fraction of sp³-hybridized carbons (Fsp3) is 0.562. The first-order valence-electron chi connectivity index (χ1n) is 7.05. The topological polar surface area (TPSA) is 26.3 Å². The summed E-state index contributed by atoms with van der Waals surface area (Å²) in [7, 11) is 7.42. The number of rotatable bonds is 2. The summed E-state index contributed by atoms with van der Waals surface area (Å²) in [6.07, 6.45) is 6.08. The molecule has 0 N–H and O–H groups in total. The van der Waals surface area contributed by atoms with E-state index in [1.165, 1.54) is 12.7 Å². The number of methoxy groups -OCH3 is 1.